The van der Waals surface area contributed by atoms with Crippen LogP contribution in [0.3, 0.4) is 0 Å². The zero-order valence-corrected chi connectivity index (χ0v) is 19.1. The first-order valence-electron chi connectivity index (χ1n) is 11.6. The molecule has 1 aliphatic rings. The van der Waals surface area contributed by atoms with Crippen LogP contribution in [0, 0.1) is 16.7 Å². The first-order valence-corrected chi connectivity index (χ1v) is 11.6. The van der Waals surface area contributed by atoms with Gasteiger partial charge in [0.25, 0.3) is 0 Å². The maximum Gasteiger partial charge on any atom is 0.331 e. The molecule has 3 rings (SSSR count). The van der Waals surface area contributed by atoms with Gasteiger partial charge in [-0.2, -0.15) is 5.26 Å². The Bertz CT molecular complexity index is 1070. The molecule has 1 aromatic carbocycles. The third-order valence-corrected chi connectivity index (χ3v) is 6.69. The van der Waals surface area contributed by atoms with Crippen LogP contribution in [0.4, 0.5) is 0 Å². The second-order valence-corrected chi connectivity index (χ2v) is 8.76. The van der Waals surface area contributed by atoms with Crippen molar-refractivity contribution in [2.75, 3.05) is 0 Å². The van der Waals surface area contributed by atoms with Crippen LogP contribution in [-0.2, 0) is 16.0 Å². The monoisotopic (exact) mass is 445 g/mol. The molecule has 1 saturated carbocycles. The maximum absolute atomic E-state index is 12.7. The summed E-state index contributed by atoms with van der Waals surface area (Å²) in [5, 5.41) is 19.5. The van der Waals surface area contributed by atoms with Crippen LogP contribution in [0.15, 0.2) is 53.7 Å². The highest BCUT2D eigenvalue weighted by Crippen LogP contribution is 2.46. The number of primary amides is 1. The number of hydrogen-bond acceptors (Lipinski definition) is 4. The Kier molecular flexibility index (Phi) is 8.00. The summed E-state index contributed by atoms with van der Waals surface area (Å²) in [4.78, 5) is 29.6. The number of amides is 1. The van der Waals surface area contributed by atoms with Crippen molar-refractivity contribution in [2.24, 2.45) is 11.1 Å². The minimum Gasteiger partial charge on any atom is -0.478 e. The van der Waals surface area contributed by atoms with Crippen LogP contribution in [0.2, 0.25) is 0 Å². The van der Waals surface area contributed by atoms with Gasteiger partial charge in [-0.3, -0.25) is 9.78 Å². The summed E-state index contributed by atoms with van der Waals surface area (Å²) in [5.41, 5.74) is 8.67. The van der Waals surface area contributed by atoms with E-state index in [1.807, 2.05) is 18.2 Å². The summed E-state index contributed by atoms with van der Waals surface area (Å²) in [6, 6.07) is 13.1. The molecule has 1 aliphatic carbocycles. The lowest BCUT2D eigenvalue weighted by Gasteiger charge is -2.38. The Morgan fingerprint density at radius 2 is 1.88 bits per heavy atom. The minimum atomic E-state index is -1.01. The van der Waals surface area contributed by atoms with E-state index in [2.05, 4.69) is 18.0 Å². The molecule has 0 aliphatic heterocycles. The highest BCUT2D eigenvalue weighted by atomic mass is 16.4. The zero-order valence-electron chi connectivity index (χ0n) is 19.1. The summed E-state index contributed by atoms with van der Waals surface area (Å²) in [6.45, 7) is 2.05. The average molecular weight is 446 g/mol. The van der Waals surface area contributed by atoms with Crippen LogP contribution < -0.4 is 5.73 Å². The van der Waals surface area contributed by atoms with Gasteiger partial charge in [-0.15, -0.1) is 0 Å². The Balaban J connectivity index is 2.01. The average Bonchev–Trinajstić information content (AvgIpc) is 2.84. The molecule has 0 atom stereocenters. The number of benzene rings is 1. The molecule has 0 saturated heterocycles. The number of aliphatic carboxylic acids is 1. The molecule has 6 heteroatoms. The highest BCUT2D eigenvalue weighted by Gasteiger charge is 2.43. The molecule has 0 spiro atoms. The normalized spacial score (nSPS) is 15.9. The first kappa shape index (κ1) is 24.2. The predicted octanol–water partition coefficient (Wildman–Crippen LogP) is 5.17. The van der Waals surface area contributed by atoms with Crippen LogP contribution in [-0.4, -0.2) is 22.0 Å². The fraction of sp³-hybridized carbons (Fsp3) is 0.407. The van der Waals surface area contributed by atoms with Crippen LogP contribution in [0.5, 0.6) is 0 Å². The van der Waals surface area contributed by atoms with Gasteiger partial charge in [0.15, 0.2) is 0 Å². The van der Waals surface area contributed by atoms with Crippen LogP contribution in [0.25, 0.3) is 11.3 Å². The number of unbranched alkanes of at least 4 members (excludes halogenated alkanes) is 1. The van der Waals surface area contributed by atoms with Gasteiger partial charge in [-0.25, -0.2) is 4.79 Å². The second kappa shape index (κ2) is 10.9. The van der Waals surface area contributed by atoms with Crippen molar-refractivity contribution in [3.8, 4) is 17.3 Å². The van der Waals surface area contributed by atoms with E-state index in [1.165, 1.54) is 0 Å². The van der Waals surface area contributed by atoms with Crippen LogP contribution in [0.1, 0.15) is 69.4 Å². The number of nitriles is 1. The first-order chi connectivity index (χ1) is 15.9. The number of hydrogen-bond donors (Lipinski definition) is 2. The number of carbonyl (C=O) groups excluding carboxylic acids is 1. The van der Waals surface area contributed by atoms with E-state index in [9.17, 15) is 20.0 Å². The maximum atomic E-state index is 12.7. The van der Waals surface area contributed by atoms with E-state index in [0.717, 1.165) is 43.2 Å². The summed E-state index contributed by atoms with van der Waals surface area (Å²) in [6.07, 6.45) is 8.11. The van der Waals surface area contributed by atoms with E-state index in [4.69, 9.17) is 5.73 Å². The quantitative estimate of drug-likeness (QED) is 0.516. The molecule has 172 valence electrons. The van der Waals surface area contributed by atoms with E-state index >= 15 is 0 Å². The molecule has 1 heterocycles. The lowest BCUT2D eigenvalue weighted by molar-refractivity contribution is -0.133. The van der Waals surface area contributed by atoms with Crippen molar-refractivity contribution in [3.63, 3.8) is 0 Å². The highest BCUT2D eigenvalue weighted by molar-refractivity contribution is 5.92. The summed E-state index contributed by atoms with van der Waals surface area (Å²) >= 11 is 0. The molecule has 1 amide bonds. The molecular formula is C27H31N3O3. The van der Waals surface area contributed by atoms with Crippen LogP contribution >= 0.6 is 0 Å². The summed E-state index contributed by atoms with van der Waals surface area (Å²) < 4.78 is 0. The largest absolute Gasteiger partial charge is 0.478 e. The Morgan fingerprint density at radius 1 is 1.15 bits per heavy atom. The van der Waals surface area contributed by atoms with Gasteiger partial charge < -0.3 is 10.8 Å². The third-order valence-electron chi connectivity index (χ3n) is 6.69. The van der Waals surface area contributed by atoms with Crippen molar-refractivity contribution in [1.82, 2.24) is 4.98 Å². The van der Waals surface area contributed by atoms with Gasteiger partial charge in [0.05, 0.1) is 22.7 Å². The number of carbonyl (C=O) groups is 2. The second-order valence-electron chi connectivity index (χ2n) is 8.76. The molecular weight excluding hydrogens is 414 g/mol. The molecule has 0 unspecified atom stereocenters. The third kappa shape index (κ3) is 5.31. The Labute approximate surface area is 195 Å². The topological polar surface area (TPSA) is 117 Å². The predicted molar refractivity (Wildman–Crippen MR) is 127 cm³/mol. The van der Waals surface area contributed by atoms with E-state index in [1.54, 1.807) is 24.4 Å². The van der Waals surface area contributed by atoms with E-state index < -0.39 is 17.3 Å². The molecule has 2 aromatic rings. The zero-order chi connectivity index (χ0) is 23.8. The molecule has 33 heavy (non-hydrogen) atoms. The number of carboxylic acids is 1. The molecule has 6 nitrogen and oxygen atoms in total. The minimum absolute atomic E-state index is 0.177. The van der Waals surface area contributed by atoms with Crippen molar-refractivity contribution in [2.45, 2.75) is 64.7 Å². The van der Waals surface area contributed by atoms with Gasteiger partial charge in [0.2, 0.25) is 5.91 Å². The molecule has 1 fully saturated rings. The van der Waals surface area contributed by atoms with Gasteiger partial charge in [-0.1, -0.05) is 56.9 Å². The number of rotatable bonds is 9. The SMILES string of the molecule is CCCC/C(=C(/Cc1ccc(-c2ccccc2C#N)nc1)C(=O)O)C1(C(N)=O)CCCCC1. The molecule has 0 radical (unpaired) electrons. The molecule has 0 bridgehead atoms. The standard InChI is InChI=1S/C27H31N3O3/c1-2-3-11-23(27(26(29)33)14-7-4-8-15-27)22(25(31)32)16-19-12-13-24(30-18-19)21-10-6-5-9-20(21)17-28/h5-6,9-10,12-13,18H,2-4,7-8,11,14-16H2,1H3,(H2,29,33)(H,31,32)/b23-22+. The van der Waals surface area contributed by atoms with Gasteiger partial charge in [0.1, 0.15) is 0 Å². The van der Waals surface area contributed by atoms with Crippen molar-refractivity contribution < 1.29 is 14.7 Å². The number of carboxylic acid groups (broad SMARTS) is 1. The Morgan fingerprint density at radius 3 is 2.45 bits per heavy atom. The van der Waals surface area contributed by atoms with E-state index in [-0.39, 0.29) is 12.0 Å². The van der Waals surface area contributed by atoms with Crippen molar-refractivity contribution >= 4 is 11.9 Å². The van der Waals surface area contributed by atoms with E-state index in [0.29, 0.717) is 36.1 Å². The fourth-order valence-corrected chi connectivity index (χ4v) is 4.89. The number of aromatic nitrogens is 1. The summed E-state index contributed by atoms with van der Waals surface area (Å²) in [7, 11) is 0. The number of nitrogens with two attached hydrogens (primary N) is 1. The Hall–Kier alpha value is -3.46. The smallest absolute Gasteiger partial charge is 0.331 e. The van der Waals surface area contributed by atoms with Gasteiger partial charge in [-0.05, 0) is 49.0 Å². The lowest BCUT2D eigenvalue weighted by Crippen LogP contribution is -2.41. The number of nitrogens with zero attached hydrogens (tertiary/aromatic N) is 2. The number of pyridine rings is 1. The molecule has 3 N–H and O–H groups in total. The summed E-state index contributed by atoms with van der Waals surface area (Å²) in [5.74, 6) is -1.42. The fourth-order valence-electron chi connectivity index (χ4n) is 4.89. The lowest BCUT2D eigenvalue weighted by atomic mass is 9.65. The molecule has 1 aromatic heterocycles. The van der Waals surface area contributed by atoms with Gasteiger partial charge in [0, 0.05) is 23.8 Å². The van der Waals surface area contributed by atoms with Crippen molar-refractivity contribution in [3.05, 3.63) is 64.9 Å². The van der Waals surface area contributed by atoms with Gasteiger partial charge >= 0.3 is 5.97 Å². The van der Waals surface area contributed by atoms with Crippen molar-refractivity contribution in [1.29, 1.82) is 5.26 Å².